The Hall–Kier alpha value is -12.4. The molecule has 0 N–H and O–H groups in total. The molecule has 0 spiro atoms. The highest BCUT2D eigenvalue weighted by atomic mass is 15.2. The number of benzene rings is 15. The SMILES string of the molecule is [2H]c1cc(-n2c3c([2H])c([2H])c([2H])c([2H])c3c3c([2H])c([2H])c([2H])c([2H])c32)cc2c1B1c3c([2H])cc(-n4c5c([2H])c([2H])c([2H])c([2H])c5c5c([2H])c([2H])c([2H])c([2H])c54)cc3N(c3c(-c4ccccc4)cccc3-c3cccc(-c4ccccc4)c3)c3cc(C(C)(C)C)cc(c31)N2c1c(-c2ccccc2)cccc1-c1cccc(-c2ccccc2)c1. The smallest absolute Gasteiger partial charge is 0.252 e. The van der Waals surface area contributed by atoms with Crippen LogP contribution in [0.25, 0.3) is 122 Å². The minimum absolute atomic E-state index is 0.0954. The molecule has 0 amide bonds. The minimum atomic E-state index is -1.15. The van der Waals surface area contributed by atoms with Crippen molar-refractivity contribution >= 4 is 101 Å². The van der Waals surface area contributed by atoms with Crippen molar-refractivity contribution in [3.8, 4) is 78.1 Å². The predicted octanol–water partition coefficient (Wildman–Crippen LogP) is 23.3. The molecule has 466 valence electrons. The molecule has 0 radical (unpaired) electrons. The molecule has 15 aromatic carbocycles. The van der Waals surface area contributed by atoms with Gasteiger partial charge in [-0.15, -0.1) is 0 Å². The molecule has 17 aromatic rings. The first-order valence-electron chi connectivity index (χ1n) is 42.0. The first-order valence-corrected chi connectivity index (χ1v) is 33.0. The lowest BCUT2D eigenvalue weighted by atomic mass is 9.33. The molecule has 0 fully saturated rings. The molecule has 99 heavy (non-hydrogen) atoms. The van der Waals surface area contributed by atoms with Crippen LogP contribution in [-0.4, -0.2) is 15.8 Å². The molecule has 0 atom stereocenters. The van der Waals surface area contributed by atoms with Crippen LogP contribution < -0.4 is 26.2 Å². The van der Waals surface area contributed by atoms with Crippen molar-refractivity contribution in [1.29, 1.82) is 0 Å². The van der Waals surface area contributed by atoms with Gasteiger partial charge < -0.3 is 18.9 Å². The summed E-state index contributed by atoms with van der Waals surface area (Å²) in [5.74, 6) is 0. The Labute approximate surface area is 603 Å². The summed E-state index contributed by atoms with van der Waals surface area (Å²) in [6, 6.07) is 70.4. The molecule has 0 aliphatic carbocycles. The zero-order valence-corrected chi connectivity index (χ0v) is 54.0. The van der Waals surface area contributed by atoms with Crippen molar-refractivity contribution in [2.24, 2.45) is 0 Å². The van der Waals surface area contributed by atoms with E-state index in [0.717, 1.165) is 72.3 Å². The quantitative estimate of drug-likeness (QED) is 0.127. The van der Waals surface area contributed by atoms with E-state index in [2.05, 4.69) is 128 Å². The molecule has 19 rings (SSSR count). The fourth-order valence-corrected chi connectivity index (χ4v) is 15.0. The first kappa shape index (κ1) is 42.2. The first-order chi connectivity index (χ1) is 56.2. The van der Waals surface area contributed by atoms with Gasteiger partial charge in [-0.2, -0.15) is 0 Å². The minimum Gasteiger partial charge on any atom is -0.310 e. The van der Waals surface area contributed by atoms with Gasteiger partial charge in [-0.05, 0) is 145 Å². The van der Waals surface area contributed by atoms with E-state index in [1.165, 1.54) is 9.13 Å². The van der Waals surface area contributed by atoms with Gasteiger partial charge in [0.05, 0.1) is 58.1 Å². The van der Waals surface area contributed by atoms with E-state index < -0.39 is 109 Å². The summed E-state index contributed by atoms with van der Waals surface area (Å²) < 4.78 is 177. The Morgan fingerprint density at radius 3 is 0.960 bits per heavy atom. The molecular weight excluding hydrogens is 1200 g/mol. The van der Waals surface area contributed by atoms with Gasteiger partial charge in [0.2, 0.25) is 0 Å². The Morgan fingerprint density at radius 1 is 0.283 bits per heavy atom. The van der Waals surface area contributed by atoms with Crippen LogP contribution in [-0.2, 0) is 5.41 Å². The van der Waals surface area contributed by atoms with Gasteiger partial charge >= 0.3 is 0 Å². The number of para-hydroxylation sites is 6. The summed E-state index contributed by atoms with van der Waals surface area (Å²) in [5, 5.41) is -0.625. The molecule has 5 heteroatoms. The van der Waals surface area contributed by atoms with E-state index in [4.69, 9.17) is 5.48 Å². The van der Waals surface area contributed by atoms with Crippen LogP contribution in [0.4, 0.5) is 34.1 Å². The number of nitrogens with zero attached hydrogens (tertiary/aromatic N) is 4. The summed E-state index contributed by atoms with van der Waals surface area (Å²) in [6.07, 6.45) is 0. The Balaban J connectivity index is 1.03. The lowest BCUT2D eigenvalue weighted by Gasteiger charge is -2.46. The molecule has 4 nitrogen and oxygen atoms in total. The van der Waals surface area contributed by atoms with Crippen LogP contribution in [0.1, 0.15) is 51.0 Å². The van der Waals surface area contributed by atoms with Gasteiger partial charge in [0.15, 0.2) is 0 Å². The van der Waals surface area contributed by atoms with E-state index in [1.54, 1.807) is 12.1 Å². The maximum Gasteiger partial charge on any atom is 0.252 e. The highest BCUT2D eigenvalue weighted by Gasteiger charge is 2.46. The zero-order chi connectivity index (χ0) is 81.5. The van der Waals surface area contributed by atoms with E-state index in [1.807, 2.05) is 133 Å². The fourth-order valence-electron chi connectivity index (χ4n) is 15.0. The molecule has 2 aromatic heterocycles. The Kier molecular flexibility index (Phi) is 9.87. The van der Waals surface area contributed by atoms with Gasteiger partial charge in [0, 0.05) is 77.9 Å². The van der Waals surface area contributed by atoms with E-state index in [0.29, 0.717) is 50.5 Å². The van der Waals surface area contributed by atoms with Crippen molar-refractivity contribution in [3.05, 3.63) is 357 Å². The molecule has 0 saturated heterocycles. The lowest BCUT2D eigenvalue weighted by Crippen LogP contribution is -2.61. The fraction of sp³-hybridized carbons (Fsp3) is 0.0426. The third kappa shape index (κ3) is 9.44. The topological polar surface area (TPSA) is 16.3 Å². The second-order valence-electron chi connectivity index (χ2n) is 26.2. The largest absolute Gasteiger partial charge is 0.310 e. The van der Waals surface area contributed by atoms with E-state index >= 15 is 0 Å². The summed E-state index contributed by atoms with van der Waals surface area (Å²) in [4.78, 5) is 4.33. The number of hydrogen-bond donors (Lipinski definition) is 0. The summed E-state index contributed by atoms with van der Waals surface area (Å²) in [5.41, 5.74) is 14.0. The average molecular weight is 1280 g/mol. The molecule has 0 unspecified atom stereocenters. The zero-order valence-electron chi connectivity index (χ0n) is 72.0. The predicted molar refractivity (Wildman–Crippen MR) is 420 cm³/mol. The Bertz CT molecular complexity index is 6600. The van der Waals surface area contributed by atoms with Crippen LogP contribution in [0.5, 0.6) is 0 Å². The highest BCUT2D eigenvalue weighted by Crippen LogP contribution is 2.55. The highest BCUT2D eigenvalue weighted by molar-refractivity contribution is 7.00. The van der Waals surface area contributed by atoms with E-state index in [9.17, 15) is 19.2 Å². The second kappa shape index (κ2) is 23.2. The van der Waals surface area contributed by atoms with Gasteiger partial charge in [0.1, 0.15) is 0 Å². The molecule has 4 heterocycles. The van der Waals surface area contributed by atoms with E-state index in [-0.39, 0.29) is 67.1 Å². The standard InChI is InChI=1S/C94H67BN4/c1-94(2,3)70-58-89-91-90(59-70)99(93-74(65-34-14-7-15-35-65)45-27-47-76(93)69-39-25-37-67(57-69)63-30-10-5-11-31-63)88-61-72(97-85-50-22-18-42-79(85)80-43-19-23-51-86(80)97)53-55-82(88)95(91)81-54-52-71(96-83-48-20-16-40-77(83)78-41-17-21-49-84(78)96)60-87(81)98(89)92-73(64-32-12-6-13-33-64)44-26-46-75(92)68-38-24-36-66(56-68)62-28-8-4-9-29-62/h4-61H,1-3H3/i16D,17D,18D,19D,20D,21D,22D,23D,40D,41D,42D,43D,48D,49D,50D,51D,54D,55D. The summed E-state index contributed by atoms with van der Waals surface area (Å²) in [7, 11) is 0. The van der Waals surface area contributed by atoms with Gasteiger partial charge in [0.25, 0.3) is 6.71 Å². The van der Waals surface area contributed by atoms with Crippen molar-refractivity contribution in [2.75, 3.05) is 9.80 Å². The third-order valence-electron chi connectivity index (χ3n) is 19.5. The summed E-state index contributed by atoms with van der Waals surface area (Å²) in [6.45, 7) is 5.22. The third-order valence-corrected chi connectivity index (χ3v) is 19.5. The summed E-state index contributed by atoms with van der Waals surface area (Å²) >= 11 is 0. The molecule has 2 aliphatic heterocycles. The Morgan fingerprint density at radius 2 is 0.596 bits per heavy atom. The maximum atomic E-state index is 11.3. The van der Waals surface area contributed by atoms with Crippen molar-refractivity contribution in [1.82, 2.24) is 9.13 Å². The number of rotatable bonds is 10. The van der Waals surface area contributed by atoms with Gasteiger partial charge in [-0.3, -0.25) is 0 Å². The lowest BCUT2D eigenvalue weighted by molar-refractivity contribution is 0.590. The van der Waals surface area contributed by atoms with Gasteiger partial charge in [-0.1, -0.05) is 299 Å². The molecule has 2 aliphatic rings. The maximum absolute atomic E-state index is 11.3. The van der Waals surface area contributed by atoms with Crippen LogP contribution in [0.3, 0.4) is 0 Å². The number of fused-ring (bicyclic) bond motifs is 10. The molecular formula is C94H67BN4. The van der Waals surface area contributed by atoms with Crippen molar-refractivity contribution in [2.45, 2.75) is 26.2 Å². The average Bonchev–Trinajstić information content (AvgIpc) is 1.05. The van der Waals surface area contributed by atoms with Crippen LogP contribution in [0.15, 0.2) is 351 Å². The van der Waals surface area contributed by atoms with Crippen molar-refractivity contribution < 1.29 is 24.7 Å². The van der Waals surface area contributed by atoms with Crippen molar-refractivity contribution in [3.63, 3.8) is 0 Å². The van der Waals surface area contributed by atoms with Crippen LogP contribution >= 0.6 is 0 Å². The van der Waals surface area contributed by atoms with Gasteiger partial charge in [-0.25, -0.2) is 0 Å². The number of hydrogen-bond acceptors (Lipinski definition) is 2. The second-order valence-corrected chi connectivity index (χ2v) is 26.2. The van der Waals surface area contributed by atoms with Crippen LogP contribution in [0.2, 0.25) is 0 Å². The number of anilines is 6. The molecule has 0 saturated carbocycles. The van der Waals surface area contributed by atoms with Crippen LogP contribution in [0, 0.1) is 0 Å². The molecule has 0 bridgehead atoms. The number of aromatic nitrogens is 2. The monoisotopic (exact) mass is 1280 g/mol. The normalized spacial score (nSPS) is 15.1.